The van der Waals surface area contributed by atoms with Crippen molar-refractivity contribution in [2.45, 2.75) is 47.0 Å². The van der Waals surface area contributed by atoms with Crippen LogP contribution in [0, 0.1) is 11.3 Å². The Bertz CT molecular complexity index is 601. The van der Waals surface area contributed by atoms with Crippen molar-refractivity contribution in [2.75, 3.05) is 18.9 Å². The van der Waals surface area contributed by atoms with Gasteiger partial charge in [0.1, 0.15) is 0 Å². The molecule has 4 nitrogen and oxygen atoms in total. The van der Waals surface area contributed by atoms with Crippen LogP contribution in [0.5, 0.6) is 0 Å². The quantitative estimate of drug-likeness (QED) is 0.909. The van der Waals surface area contributed by atoms with Gasteiger partial charge < -0.3 is 5.32 Å². The minimum absolute atomic E-state index is 0.0333. The van der Waals surface area contributed by atoms with Crippen molar-refractivity contribution in [1.82, 2.24) is 5.01 Å². The summed E-state index contributed by atoms with van der Waals surface area (Å²) in [5, 5.41) is 9.28. The second kappa shape index (κ2) is 6.73. The summed E-state index contributed by atoms with van der Waals surface area (Å²) >= 11 is 0. The number of nitrogens with one attached hydrogen (secondary N) is 1. The summed E-state index contributed by atoms with van der Waals surface area (Å²) < 4.78 is 0. The van der Waals surface area contributed by atoms with E-state index in [0.717, 1.165) is 17.8 Å². The molecule has 0 bridgehead atoms. The third-order valence-corrected chi connectivity index (χ3v) is 4.26. The normalized spacial score (nSPS) is 19.5. The topological polar surface area (TPSA) is 44.7 Å². The zero-order chi connectivity index (χ0) is 17.2. The van der Waals surface area contributed by atoms with Gasteiger partial charge in [0.2, 0.25) is 5.91 Å². The van der Waals surface area contributed by atoms with Crippen LogP contribution in [-0.2, 0) is 4.79 Å². The zero-order valence-electron chi connectivity index (χ0n) is 15.2. The number of para-hydroxylation sites is 1. The van der Waals surface area contributed by atoms with Crippen molar-refractivity contribution in [3.05, 3.63) is 29.8 Å². The molecule has 0 spiro atoms. The van der Waals surface area contributed by atoms with Crippen molar-refractivity contribution < 1.29 is 4.79 Å². The van der Waals surface area contributed by atoms with Crippen LogP contribution in [0.4, 0.5) is 5.69 Å². The van der Waals surface area contributed by atoms with Crippen molar-refractivity contribution in [2.24, 2.45) is 16.4 Å². The van der Waals surface area contributed by atoms with E-state index in [2.05, 4.69) is 44.2 Å². The van der Waals surface area contributed by atoms with Gasteiger partial charge in [-0.3, -0.25) is 9.80 Å². The Morgan fingerprint density at radius 2 is 2.04 bits per heavy atom. The van der Waals surface area contributed by atoms with Crippen LogP contribution in [-0.4, -0.2) is 30.2 Å². The first-order valence-electron chi connectivity index (χ1n) is 8.33. The highest BCUT2D eigenvalue weighted by Crippen LogP contribution is 2.34. The maximum atomic E-state index is 12.6. The number of hydrogen-bond acceptors (Lipinski definition) is 3. The standard InChI is InChI=1S/C19H29N3O/c1-13(11-19(3,4)5)15-9-7-8-10-17(15)20-18(23)16-12-22(6)21-14(16)2/h7-10,13,16H,11-12H2,1-6H3,(H,20,23). The summed E-state index contributed by atoms with van der Waals surface area (Å²) in [7, 11) is 1.90. The molecule has 0 saturated carbocycles. The van der Waals surface area contributed by atoms with Crippen LogP contribution in [0.1, 0.15) is 52.5 Å². The van der Waals surface area contributed by atoms with Gasteiger partial charge in [0.05, 0.1) is 12.5 Å². The molecule has 0 aliphatic carbocycles. The number of hydrogen-bond donors (Lipinski definition) is 1. The van der Waals surface area contributed by atoms with E-state index in [9.17, 15) is 4.79 Å². The van der Waals surface area contributed by atoms with Crippen molar-refractivity contribution in [3.63, 3.8) is 0 Å². The SMILES string of the molecule is CC1=NN(C)CC1C(=O)Nc1ccccc1C(C)CC(C)(C)C. The van der Waals surface area contributed by atoms with Crippen molar-refractivity contribution in [3.8, 4) is 0 Å². The summed E-state index contributed by atoms with van der Waals surface area (Å²) in [5.41, 5.74) is 3.27. The fraction of sp³-hybridized carbons (Fsp3) is 0.579. The minimum atomic E-state index is -0.161. The van der Waals surface area contributed by atoms with Gasteiger partial charge in [-0.05, 0) is 36.3 Å². The third kappa shape index (κ3) is 4.57. The lowest BCUT2D eigenvalue weighted by Crippen LogP contribution is -2.30. The number of rotatable bonds is 4. The fourth-order valence-electron chi connectivity index (χ4n) is 3.34. The van der Waals surface area contributed by atoms with Gasteiger partial charge >= 0.3 is 0 Å². The minimum Gasteiger partial charge on any atom is -0.325 e. The maximum absolute atomic E-state index is 12.6. The molecule has 0 saturated heterocycles. The molecule has 1 amide bonds. The third-order valence-electron chi connectivity index (χ3n) is 4.26. The molecular formula is C19H29N3O. The number of carbonyl (C=O) groups excluding carboxylic acids is 1. The lowest BCUT2D eigenvalue weighted by atomic mass is 9.82. The van der Waals surface area contributed by atoms with Gasteiger partial charge in [-0.2, -0.15) is 5.10 Å². The largest absolute Gasteiger partial charge is 0.325 e. The average molecular weight is 315 g/mol. The molecule has 2 unspecified atom stereocenters. The molecule has 0 aromatic heterocycles. The molecule has 1 aliphatic heterocycles. The number of amides is 1. The van der Waals surface area contributed by atoms with Crippen LogP contribution in [0.3, 0.4) is 0 Å². The van der Waals surface area contributed by atoms with Crippen molar-refractivity contribution >= 4 is 17.3 Å². The molecule has 126 valence electrons. The Hall–Kier alpha value is -1.84. The Labute approximate surface area is 140 Å². The predicted octanol–water partition coefficient (Wildman–Crippen LogP) is 4.10. The highest BCUT2D eigenvalue weighted by Gasteiger charge is 2.29. The molecule has 1 heterocycles. The monoisotopic (exact) mass is 315 g/mol. The van der Waals surface area contributed by atoms with Crippen LogP contribution >= 0.6 is 0 Å². The Kier molecular flexibility index (Phi) is 5.12. The molecule has 1 aliphatic rings. The zero-order valence-corrected chi connectivity index (χ0v) is 15.2. The second-order valence-corrected chi connectivity index (χ2v) is 7.88. The average Bonchev–Trinajstić information content (AvgIpc) is 2.76. The molecule has 2 rings (SSSR count). The van der Waals surface area contributed by atoms with E-state index in [1.54, 1.807) is 0 Å². The summed E-state index contributed by atoms with van der Waals surface area (Å²) in [5.74, 6) is 0.268. The molecule has 1 aromatic rings. The van der Waals surface area contributed by atoms with E-state index < -0.39 is 0 Å². The van der Waals surface area contributed by atoms with Gasteiger partial charge in [-0.25, -0.2) is 0 Å². The smallest absolute Gasteiger partial charge is 0.235 e. The first-order chi connectivity index (χ1) is 10.7. The molecule has 2 atom stereocenters. The van der Waals surface area contributed by atoms with E-state index in [-0.39, 0.29) is 17.2 Å². The lowest BCUT2D eigenvalue weighted by molar-refractivity contribution is -0.118. The summed E-state index contributed by atoms with van der Waals surface area (Å²) in [6.45, 7) is 11.5. The Morgan fingerprint density at radius 1 is 1.39 bits per heavy atom. The van der Waals surface area contributed by atoms with Crippen LogP contribution in [0.2, 0.25) is 0 Å². The molecule has 1 N–H and O–H groups in total. The molecule has 23 heavy (non-hydrogen) atoms. The molecule has 4 heteroatoms. The Morgan fingerprint density at radius 3 is 2.61 bits per heavy atom. The fourth-order valence-corrected chi connectivity index (χ4v) is 3.34. The summed E-state index contributed by atoms with van der Waals surface area (Å²) in [4.78, 5) is 12.6. The highest BCUT2D eigenvalue weighted by molar-refractivity contribution is 6.09. The van der Waals surface area contributed by atoms with Gasteiger partial charge in [0.25, 0.3) is 0 Å². The van der Waals surface area contributed by atoms with Gasteiger partial charge in [-0.1, -0.05) is 45.9 Å². The maximum Gasteiger partial charge on any atom is 0.235 e. The van der Waals surface area contributed by atoms with Gasteiger partial charge in [0, 0.05) is 18.4 Å². The molecule has 0 fully saturated rings. The Balaban J connectivity index is 2.15. The van der Waals surface area contributed by atoms with Gasteiger partial charge in [-0.15, -0.1) is 0 Å². The molecule has 1 aromatic carbocycles. The van der Waals surface area contributed by atoms with Crippen LogP contribution in [0.15, 0.2) is 29.4 Å². The van der Waals surface area contributed by atoms with E-state index in [1.807, 2.05) is 37.2 Å². The van der Waals surface area contributed by atoms with Gasteiger partial charge in [0.15, 0.2) is 0 Å². The van der Waals surface area contributed by atoms with E-state index in [1.165, 1.54) is 5.56 Å². The number of nitrogens with zero attached hydrogens (tertiary/aromatic N) is 2. The molecular weight excluding hydrogens is 286 g/mol. The van der Waals surface area contributed by atoms with E-state index in [0.29, 0.717) is 12.5 Å². The summed E-state index contributed by atoms with van der Waals surface area (Å²) in [6, 6.07) is 8.14. The van der Waals surface area contributed by atoms with Crippen molar-refractivity contribution in [1.29, 1.82) is 0 Å². The molecule has 0 radical (unpaired) electrons. The summed E-state index contributed by atoms with van der Waals surface area (Å²) in [6.07, 6.45) is 1.08. The number of anilines is 1. The van der Waals surface area contributed by atoms with E-state index >= 15 is 0 Å². The van der Waals surface area contributed by atoms with Crippen LogP contribution < -0.4 is 5.32 Å². The second-order valence-electron chi connectivity index (χ2n) is 7.88. The highest BCUT2D eigenvalue weighted by atomic mass is 16.2. The first kappa shape index (κ1) is 17.5. The van der Waals surface area contributed by atoms with Crippen LogP contribution in [0.25, 0.3) is 0 Å². The number of carbonyl (C=O) groups is 1. The lowest BCUT2D eigenvalue weighted by Gasteiger charge is -2.25. The van der Waals surface area contributed by atoms with E-state index in [4.69, 9.17) is 0 Å². The number of benzene rings is 1. The number of hydrazone groups is 1. The first-order valence-corrected chi connectivity index (χ1v) is 8.33. The predicted molar refractivity (Wildman–Crippen MR) is 96.8 cm³/mol.